The molecule has 5 nitrogen and oxygen atoms in total. The highest BCUT2D eigenvalue weighted by Crippen LogP contribution is 2.16. The SMILES string of the molecule is CCCNC(=O)NCC1CN(c2ccccc2)CCO1. The van der Waals surface area contributed by atoms with Crippen molar-refractivity contribution in [3.63, 3.8) is 0 Å². The molecule has 1 heterocycles. The normalized spacial score (nSPS) is 18.6. The van der Waals surface area contributed by atoms with Gasteiger partial charge in [-0.05, 0) is 18.6 Å². The molecule has 1 aliphatic heterocycles. The summed E-state index contributed by atoms with van der Waals surface area (Å²) in [5.41, 5.74) is 1.20. The summed E-state index contributed by atoms with van der Waals surface area (Å²) >= 11 is 0. The van der Waals surface area contributed by atoms with Crippen molar-refractivity contribution in [2.24, 2.45) is 0 Å². The maximum atomic E-state index is 11.5. The summed E-state index contributed by atoms with van der Waals surface area (Å²) in [7, 11) is 0. The van der Waals surface area contributed by atoms with Crippen LogP contribution in [0.4, 0.5) is 10.5 Å². The second-order valence-electron chi connectivity index (χ2n) is 4.91. The molecule has 110 valence electrons. The molecule has 2 amide bonds. The van der Waals surface area contributed by atoms with E-state index in [2.05, 4.69) is 27.7 Å². The molecule has 20 heavy (non-hydrogen) atoms. The van der Waals surface area contributed by atoms with Gasteiger partial charge in [0.15, 0.2) is 0 Å². The molecule has 0 radical (unpaired) electrons. The highest BCUT2D eigenvalue weighted by atomic mass is 16.5. The van der Waals surface area contributed by atoms with Crippen LogP contribution in [0.15, 0.2) is 30.3 Å². The molecule has 2 rings (SSSR count). The minimum absolute atomic E-state index is 0.0383. The summed E-state index contributed by atoms with van der Waals surface area (Å²) in [5.74, 6) is 0. The van der Waals surface area contributed by atoms with Gasteiger partial charge >= 0.3 is 6.03 Å². The van der Waals surface area contributed by atoms with Gasteiger partial charge in [0.25, 0.3) is 0 Å². The zero-order valence-corrected chi connectivity index (χ0v) is 12.0. The predicted octanol–water partition coefficient (Wildman–Crippen LogP) is 1.60. The van der Waals surface area contributed by atoms with Crippen LogP contribution in [-0.4, -0.2) is 44.9 Å². The second kappa shape index (κ2) is 7.75. The highest BCUT2D eigenvalue weighted by Gasteiger charge is 2.20. The first-order valence-electron chi connectivity index (χ1n) is 7.23. The Bertz CT molecular complexity index is 411. The fourth-order valence-electron chi connectivity index (χ4n) is 2.22. The van der Waals surface area contributed by atoms with Gasteiger partial charge in [-0.2, -0.15) is 0 Å². The number of carbonyl (C=O) groups excluding carboxylic acids is 1. The number of ether oxygens (including phenoxy) is 1. The molecule has 2 N–H and O–H groups in total. The molecule has 0 bridgehead atoms. The van der Waals surface area contributed by atoms with Crippen molar-refractivity contribution >= 4 is 11.7 Å². The number of anilines is 1. The number of hydrogen-bond acceptors (Lipinski definition) is 3. The van der Waals surface area contributed by atoms with Gasteiger partial charge in [0.1, 0.15) is 0 Å². The van der Waals surface area contributed by atoms with Crippen molar-refractivity contribution in [1.82, 2.24) is 10.6 Å². The Kier molecular flexibility index (Phi) is 5.68. The Morgan fingerprint density at radius 3 is 2.90 bits per heavy atom. The zero-order chi connectivity index (χ0) is 14.2. The van der Waals surface area contributed by atoms with E-state index >= 15 is 0 Å². The van der Waals surface area contributed by atoms with Crippen molar-refractivity contribution in [1.29, 1.82) is 0 Å². The van der Waals surface area contributed by atoms with Gasteiger partial charge in [-0.3, -0.25) is 0 Å². The molecule has 1 aromatic rings. The monoisotopic (exact) mass is 277 g/mol. The molecule has 1 saturated heterocycles. The van der Waals surface area contributed by atoms with Crippen LogP contribution in [0.3, 0.4) is 0 Å². The third kappa shape index (κ3) is 4.42. The van der Waals surface area contributed by atoms with Crippen molar-refractivity contribution in [3.05, 3.63) is 30.3 Å². The Balaban J connectivity index is 1.78. The van der Waals surface area contributed by atoms with E-state index in [9.17, 15) is 4.79 Å². The fourth-order valence-corrected chi connectivity index (χ4v) is 2.22. The van der Waals surface area contributed by atoms with Crippen LogP contribution < -0.4 is 15.5 Å². The third-order valence-corrected chi connectivity index (χ3v) is 3.29. The zero-order valence-electron chi connectivity index (χ0n) is 12.0. The molecule has 0 aromatic heterocycles. The van der Waals surface area contributed by atoms with Crippen LogP contribution in [0, 0.1) is 0 Å². The number of rotatable bonds is 5. The lowest BCUT2D eigenvalue weighted by atomic mass is 10.2. The molecule has 1 aliphatic rings. The molecule has 1 fully saturated rings. The summed E-state index contributed by atoms with van der Waals surface area (Å²) < 4.78 is 5.70. The van der Waals surface area contributed by atoms with Crippen molar-refractivity contribution in [3.8, 4) is 0 Å². The first-order chi connectivity index (χ1) is 9.79. The molecule has 1 aromatic carbocycles. The summed E-state index contributed by atoms with van der Waals surface area (Å²) in [6.07, 6.45) is 0.978. The molecule has 0 saturated carbocycles. The van der Waals surface area contributed by atoms with Crippen molar-refractivity contribution < 1.29 is 9.53 Å². The molecule has 1 unspecified atom stereocenters. The number of urea groups is 1. The average molecular weight is 277 g/mol. The maximum absolute atomic E-state index is 11.5. The van der Waals surface area contributed by atoms with Crippen LogP contribution in [0.25, 0.3) is 0 Å². The fraction of sp³-hybridized carbons (Fsp3) is 0.533. The highest BCUT2D eigenvalue weighted by molar-refractivity contribution is 5.73. The largest absolute Gasteiger partial charge is 0.373 e. The molecule has 0 aliphatic carbocycles. The van der Waals surface area contributed by atoms with E-state index < -0.39 is 0 Å². The summed E-state index contributed by atoms with van der Waals surface area (Å²) in [6.45, 7) is 5.66. The van der Waals surface area contributed by atoms with Gasteiger partial charge in [-0.1, -0.05) is 25.1 Å². The Morgan fingerprint density at radius 2 is 2.15 bits per heavy atom. The lowest BCUT2D eigenvalue weighted by molar-refractivity contribution is 0.0424. The molecular formula is C15H23N3O2. The summed E-state index contributed by atoms with van der Waals surface area (Å²) in [5, 5.41) is 5.65. The van der Waals surface area contributed by atoms with Gasteiger partial charge in [-0.15, -0.1) is 0 Å². The number of carbonyl (C=O) groups is 1. The van der Waals surface area contributed by atoms with E-state index in [-0.39, 0.29) is 12.1 Å². The predicted molar refractivity (Wildman–Crippen MR) is 80.1 cm³/mol. The van der Waals surface area contributed by atoms with E-state index in [1.165, 1.54) is 5.69 Å². The van der Waals surface area contributed by atoms with Gasteiger partial charge in [0, 0.05) is 31.9 Å². The number of hydrogen-bond donors (Lipinski definition) is 2. The van der Waals surface area contributed by atoms with E-state index in [0.717, 1.165) is 19.5 Å². The lowest BCUT2D eigenvalue weighted by Crippen LogP contribution is -2.49. The maximum Gasteiger partial charge on any atom is 0.314 e. The lowest BCUT2D eigenvalue weighted by Gasteiger charge is -2.34. The minimum Gasteiger partial charge on any atom is -0.373 e. The van der Waals surface area contributed by atoms with E-state index in [1.54, 1.807) is 0 Å². The number of benzene rings is 1. The Labute approximate surface area is 120 Å². The van der Waals surface area contributed by atoms with Crippen LogP contribution >= 0.6 is 0 Å². The number of para-hydroxylation sites is 1. The number of morpholine rings is 1. The molecule has 0 spiro atoms. The molecule has 5 heteroatoms. The molecular weight excluding hydrogens is 254 g/mol. The van der Waals surface area contributed by atoms with E-state index in [0.29, 0.717) is 19.7 Å². The van der Waals surface area contributed by atoms with Crippen LogP contribution in [0.2, 0.25) is 0 Å². The van der Waals surface area contributed by atoms with E-state index in [1.807, 2.05) is 25.1 Å². The van der Waals surface area contributed by atoms with Gasteiger partial charge in [0.05, 0.1) is 12.7 Å². The van der Waals surface area contributed by atoms with Gasteiger partial charge < -0.3 is 20.3 Å². The third-order valence-electron chi connectivity index (χ3n) is 3.29. The Morgan fingerprint density at radius 1 is 1.35 bits per heavy atom. The summed E-state index contributed by atoms with van der Waals surface area (Å²) in [6, 6.07) is 10.2. The topological polar surface area (TPSA) is 53.6 Å². The summed E-state index contributed by atoms with van der Waals surface area (Å²) in [4.78, 5) is 13.8. The van der Waals surface area contributed by atoms with Crippen molar-refractivity contribution in [2.45, 2.75) is 19.4 Å². The quantitative estimate of drug-likeness (QED) is 0.859. The average Bonchev–Trinajstić information content (AvgIpc) is 2.52. The number of nitrogens with one attached hydrogen (secondary N) is 2. The number of amides is 2. The first kappa shape index (κ1) is 14.7. The molecule has 1 atom stereocenters. The standard InChI is InChI=1S/C15H23N3O2/c1-2-8-16-15(19)17-11-14-12-18(9-10-20-14)13-6-4-3-5-7-13/h3-7,14H,2,8-12H2,1H3,(H2,16,17,19). The first-order valence-corrected chi connectivity index (χ1v) is 7.23. The van der Waals surface area contributed by atoms with Crippen LogP contribution in [-0.2, 0) is 4.74 Å². The minimum atomic E-state index is -0.118. The Hall–Kier alpha value is -1.75. The van der Waals surface area contributed by atoms with Crippen molar-refractivity contribution in [2.75, 3.05) is 37.7 Å². The van der Waals surface area contributed by atoms with Crippen LogP contribution in [0.1, 0.15) is 13.3 Å². The second-order valence-corrected chi connectivity index (χ2v) is 4.91. The van der Waals surface area contributed by atoms with Gasteiger partial charge in [0.2, 0.25) is 0 Å². The number of nitrogens with zero attached hydrogens (tertiary/aromatic N) is 1. The van der Waals surface area contributed by atoms with E-state index in [4.69, 9.17) is 4.74 Å². The van der Waals surface area contributed by atoms with Crippen LogP contribution in [0.5, 0.6) is 0 Å². The smallest absolute Gasteiger partial charge is 0.314 e. The van der Waals surface area contributed by atoms with Gasteiger partial charge in [-0.25, -0.2) is 4.79 Å².